The van der Waals surface area contributed by atoms with Crippen molar-refractivity contribution in [1.29, 1.82) is 0 Å². The minimum Gasteiger partial charge on any atom is -0.467 e. The zero-order valence-electron chi connectivity index (χ0n) is 10.5. The molecule has 0 radical (unpaired) electrons. The molecule has 1 atom stereocenters. The van der Waals surface area contributed by atoms with Gasteiger partial charge in [0.25, 0.3) is 0 Å². The summed E-state index contributed by atoms with van der Waals surface area (Å²) in [6.45, 7) is 1.18. The van der Waals surface area contributed by atoms with Crippen LogP contribution in [0.15, 0.2) is 53.3 Å². The van der Waals surface area contributed by atoms with Crippen LogP contribution >= 0.6 is 0 Å². The number of aliphatic hydroxyl groups excluding tert-OH is 1. The lowest BCUT2D eigenvalue weighted by Crippen LogP contribution is -2.20. The van der Waals surface area contributed by atoms with Crippen LogP contribution in [0.1, 0.15) is 17.4 Å². The summed E-state index contributed by atoms with van der Waals surface area (Å²) >= 11 is 0. The molecule has 19 heavy (non-hydrogen) atoms. The monoisotopic (exact) mass is 256 g/mol. The summed E-state index contributed by atoms with van der Waals surface area (Å²) in [5, 5.41) is 14.4. The van der Waals surface area contributed by atoms with Gasteiger partial charge in [0.15, 0.2) is 0 Å². The van der Waals surface area contributed by atoms with Crippen LogP contribution in [0, 0.1) is 0 Å². The smallest absolute Gasteiger partial charge is 0.133 e. The second-order valence-corrected chi connectivity index (χ2v) is 4.52. The molecule has 0 aliphatic carbocycles. The molecule has 0 aliphatic heterocycles. The lowest BCUT2D eigenvalue weighted by molar-refractivity contribution is 0.147. The van der Waals surface area contributed by atoms with Crippen molar-refractivity contribution in [3.63, 3.8) is 0 Å². The van der Waals surface area contributed by atoms with E-state index in [9.17, 15) is 5.11 Å². The van der Waals surface area contributed by atoms with Crippen molar-refractivity contribution in [2.24, 2.45) is 0 Å². The van der Waals surface area contributed by atoms with E-state index in [1.807, 2.05) is 12.3 Å². The Hall–Kier alpha value is -2.04. The summed E-state index contributed by atoms with van der Waals surface area (Å²) in [5.41, 5.74) is 2.34. The van der Waals surface area contributed by atoms with Crippen molar-refractivity contribution in [3.05, 3.63) is 60.2 Å². The molecule has 0 spiro atoms. The average molecular weight is 256 g/mol. The highest BCUT2D eigenvalue weighted by Crippen LogP contribution is 2.17. The van der Waals surface area contributed by atoms with Crippen molar-refractivity contribution >= 4 is 10.9 Å². The van der Waals surface area contributed by atoms with E-state index in [0.29, 0.717) is 18.8 Å². The topological polar surface area (TPSA) is 61.2 Å². The van der Waals surface area contributed by atoms with Gasteiger partial charge in [0.2, 0.25) is 0 Å². The maximum atomic E-state index is 9.90. The fourth-order valence-corrected chi connectivity index (χ4v) is 2.23. The summed E-state index contributed by atoms with van der Waals surface area (Å²) in [6.07, 6.45) is 2.89. The first-order valence-electron chi connectivity index (χ1n) is 6.32. The van der Waals surface area contributed by atoms with Gasteiger partial charge in [-0.2, -0.15) is 0 Å². The van der Waals surface area contributed by atoms with Gasteiger partial charge in [-0.25, -0.2) is 0 Å². The number of fused-ring (bicyclic) bond motifs is 1. The Morgan fingerprint density at radius 1 is 1.21 bits per heavy atom. The van der Waals surface area contributed by atoms with Gasteiger partial charge in [0, 0.05) is 30.2 Å². The molecule has 1 unspecified atom stereocenters. The number of furan rings is 1. The number of H-pyrrole nitrogens is 1. The van der Waals surface area contributed by atoms with Crippen molar-refractivity contribution in [3.8, 4) is 0 Å². The molecule has 4 heteroatoms. The Morgan fingerprint density at radius 2 is 2.16 bits per heavy atom. The highest BCUT2D eigenvalue weighted by molar-refractivity contribution is 5.82. The van der Waals surface area contributed by atoms with Crippen molar-refractivity contribution in [1.82, 2.24) is 10.3 Å². The maximum Gasteiger partial charge on any atom is 0.133 e. The first-order valence-corrected chi connectivity index (χ1v) is 6.32. The summed E-state index contributed by atoms with van der Waals surface area (Å²) in [5.74, 6) is 0.590. The zero-order valence-corrected chi connectivity index (χ0v) is 10.5. The Morgan fingerprint density at radius 3 is 3.00 bits per heavy atom. The van der Waals surface area contributed by atoms with E-state index in [1.54, 1.807) is 18.4 Å². The number of aromatic nitrogens is 1. The fraction of sp³-hybridized carbons (Fsp3) is 0.200. The van der Waals surface area contributed by atoms with Crippen molar-refractivity contribution in [2.45, 2.75) is 12.6 Å². The van der Waals surface area contributed by atoms with Crippen LogP contribution in [-0.4, -0.2) is 16.6 Å². The molecule has 3 aromatic rings. The molecule has 1 aromatic carbocycles. The van der Waals surface area contributed by atoms with E-state index in [2.05, 4.69) is 28.5 Å². The van der Waals surface area contributed by atoms with Gasteiger partial charge in [-0.3, -0.25) is 0 Å². The average Bonchev–Trinajstić information content (AvgIpc) is 3.10. The molecule has 0 aliphatic rings. The van der Waals surface area contributed by atoms with Crippen LogP contribution < -0.4 is 5.32 Å². The molecular weight excluding hydrogens is 240 g/mol. The van der Waals surface area contributed by atoms with Gasteiger partial charge in [-0.05, 0) is 29.8 Å². The molecular formula is C15H16N2O2. The first kappa shape index (κ1) is 12.0. The second-order valence-electron chi connectivity index (χ2n) is 4.52. The number of aromatic amines is 1. The van der Waals surface area contributed by atoms with Gasteiger partial charge >= 0.3 is 0 Å². The van der Waals surface area contributed by atoms with E-state index in [-0.39, 0.29) is 0 Å². The number of rotatable bonds is 5. The van der Waals surface area contributed by atoms with Crippen molar-refractivity contribution in [2.75, 3.05) is 6.54 Å². The highest BCUT2D eigenvalue weighted by Gasteiger charge is 2.09. The second kappa shape index (κ2) is 5.30. The maximum absolute atomic E-state index is 9.90. The van der Waals surface area contributed by atoms with Crippen molar-refractivity contribution < 1.29 is 9.52 Å². The summed E-state index contributed by atoms with van der Waals surface area (Å²) in [7, 11) is 0. The summed E-state index contributed by atoms with van der Waals surface area (Å²) in [4.78, 5) is 3.19. The Kier molecular flexibility index (Phi) is 3.35. The third kappa shape index (κ3) is 2.54. The molecule has 3 N–H and O–H groups in total. The molecule has 0 amide bonds. The zero-order chi connectivity index (χ0) is 13.1. The molecule has 0 saturated carbocycles. The molecule has 2 heterocycles. The molecule has 0 bridgehead atoms. The molecule has 0 fully saturated rings. The number of benzene rings is 1. The van der Waals surface area contributed by atoms with Crippen LogP contribution in [0.3, 0.4) is 0 Å². The number of aliphatic hydroxyl groups is 1. The van der Waals surface area contributed by atoms with E-state index in [0.717, 1.165) is 5.52 Å². The number of nitrogens with one attached hydrogen (secondary N) is 2. The standard InChI is InChI=1S/C15H16N2O2/c18-14(15-5-2-8-19-15)10-16-9-11-3-1-4-13-12(11)6-7-17-13/h1-8,14,16-18H,9-10H2. The van der Waals surface area contributed by atoms with Gasteiger partial charge in [0.1, 0.15) is 11.9 Å². The van der Waals surface area contributed by atoms with E-state index < -0.39 is 6.10 Å². The SMILES string of the molecule is OC(CNCc1cccc2[nH]ccc12)c1ccco1. The van der Waals surface area contributed by atoms with Crippen LogP contribution in [0.25, 0.3) is 10.9 Å². The molecule has 98 valence electrons. The molecule has 4 nitrogen and oxygen atoms in total. The van der Waals surface area contributed by atoms with Crippen LogP contribution in [-0.2, 0) is 6.54 Å². The predicted molar refractivity (Wildman–Crippen MR) is 73.7 cm³/mol. The highest BCUT2D eigenvalue weighted by atomic mass is 16.4. The number of hydrogen-bond donors (Lipinski definition) is 3. The van der Waals surface area contributed by atoms with E-state index >= 15 is 0 Å². The van der Waals surface area contributed by atoms with E-state index in [4.69, 9.17) is 4.42 Å². The fourth-order valence-electron chi connectivity index (χ4n) is 2.23. The Bertz CT molecular complexity index is 643. The predicted octanol–water partition coefficient (Wildman–Crippen LogP) is 2.58. The third-order valence-corrected chi connectivity index (χ3v) is 3.21. The Balaban J connectivity index is 1.62. The molecule has 0 saturated heterocycles. The summed E-state index contributed by atoms with van der Waals surface area (Å²) < 4.78 is 5.16. The first-order chi connectivity index (χ1) is 9.34. The third-order valence-electron chi connectivity index (χ3n) is 3.21. The largest absolute Gasteiger partial charge is 0.467 e. The number of hydrogen-bond acceptors (Lipinski definition) is 3. The lowest BCUT2D eigenvalue weighted by atomic mass is 10.1. The quantitative estimate of drug-likeness (QED) is 0.657. The van der Waals surface area contributed by atoms with Crippen LogP contribution in [0.4, 0.5) is 0 Å². The van der Waals surface area contributed by atoms with Gasteiger partial charge in [-0.1, -0.05) is 12.1 Å². The molecule has 2 aromatic heterocycles. The molecule has 3 rings (SSSR count). The summed E-state index contributed by atoms with van der Waals surface area (Å²) in [6, 6.07) is 11.8. The Labute approximate surface area is 111 Å². The van der Waals surface area contributed by atoms with Gasteiger partial charge in [-0.15, -0.1) is 0 Å². The van der Waals surface area contributed by atoms with E-state index in [1.165, 1.54) is 10.9 Å². The van der Waals surface area contributed by atoms with Crippen LogP contribution in [0.5, 0.6) is 0 Å². The van der Waals surface area contributed by atoms with Gasteiger partial charge < -0.3 is 19.8 Å². The minimum atomic E-state index is -0.611. The minimum absolute atomic E-state index is 0.467. The van der Waals surface area contributed by atoms with Crippen LogP contribution in [0.2, 0.25) is 0 Å². The van der Waals surface area contributed by atoms with Gasteiger partial charge in [0.05, 0.1) is 6.26 Å². The lowest BCUT2D eigenvalue weighted by Gasteiger charge is -2.10. The normalized spacial score (nSPS) is 12.9.